The van der Waals surface area contributed by atoms with Gasteiger partial charge in [-0.05, 0) is 51.7 Å². The zero-order valence-electron chi connectivity index (χ0n) is 10.8. The molecule has 0 bridgehead atoms. The number of nitrogens with one attached hydrogen (secondary N) is 1. The van der Waals surface area contributed by atoms with Crippen molar-refractivity contribution < 1.29 is 4.79 Å². The Morgan fingerprint density at radius 3 is 2.82 bits per heavy atom. The number of hydrogen-bond acceptors (Lipinski definition) is 3. The molecule has 0 aliphatic carbocycles. The van der Waals surface area contributed by atoms with E-state index in [1.807, 2.05) is 0 Å². The van der Waals surface area contributed by atoms with Crippen LogP contribution in [-0.4, -0.2) is 43.5 Å². The Kier molecular flexibility index (Phi) is 6.22. The Balaban J connectivity index is 2.11. The number of hydrogen-bond donors (Lipinski definition) is 2. The van der Waals surface area contributed by atoms with Gasteiger partial charge < -0.3 is 16.0 Å². The molecular weight excluding hydrogens is 214 g/mol. The summed E-state index contributed by atoms with van der Waals surface area (Å²) in [6.45, 7) is 6.68. The van der Waals surface area contributed by atoms with Crippen molar-refractivity contribution in [2.45, 2.75) is 31.7 Å². The first-order valence-electron chi connectivity index (χ1n) is 6.46. The quantitative estimate of drug-likeness (QED) is 0.672. The van der Waals surface area contributed by atoms with Gasteiger partial charge in [-0.25, -0.2) is 0 Å². The Hall–Kier alpha value is -0.870. The maximum atomic E-state index is 11.5. The smallest absolute Gasteiger partial charge is 0.237 e. The minimum absolute atomic E-state index is 0.0576. The molecular formula is C13H25N3O. The SMILES string of the molecule is C=CCC(N)C(=O)NCCC1CCN(C)CC1. The predicted molar refractivity (Wildman–Crippen MR) is 70.6 cm³/mol. The van der Waals surface area contributed by atoms with Crippen LogP contribution < -0.4 is 11.1 Å². The number of nitrogens with two attached hydrogens (primary N) is 1. The van der Waals surface area contributed by atoms with Crippen LogP contribution in [0.4, 0.5) is 0 Å². The van der Waals surface area contributed by atoms with Crippen molar-refractivity contribution >= 4 is 5.91 Å². The lowest BCUT2D eigenvalue weighted by Gasteiger charge is -2.28. The highest BCUT2D eigenvalue weighted by Gasteiger charge is 2.17. The Bertz CT molecular complexity index is 247. The maximum absolute atomic E-state index is 11.5. The van der Waals surface area contributed by atoms with Gasteiger partial charge in [0.15, 0.2) is 0 Å². The summed E-state index contributed by atoms with van der Waals surface area (Å²) >= 11 is 0. The topological polar surface area (TPSA) is 58.4 Å². The molecule has 1 aliphatic heterocycles. The molecule has 1 aliphatic rings. The van der Waals surface area contributed by atoms with Gasteiger partial charge in [0.2, 0.25) is 5.91 Å². The number of nitrogens with zero attached hydrogens (tertiary/aromatic N) is 1. The zero-order chi connectivity index (χ0) is 12.7. The van der Waals surface area contributed by atoms with E-state index in [0.717, 1.165) is 18.9 Å². The number of piperidine rings is 1. The van der Waals surface area contributed by atoms with Crippen LogP contribution >= 0.6 is 0 Å². The summed E-state index contributed by atoms with van der Waals surface area (Å²) in [7, 11) is 2.16. The van der Waals surface area contributed by atoms with E-state index in [0.29, 0.717) is 6.42 Å². The Morgan fingerprint density at radius 1 is 1.59 bits per heavy atom. The highest BCUT2D eigenvalue weighted by molar-refractivity contribution is 5.81. The van der Waals surface area contributed by atoms with E-state index in [4.69, 9.17) is 5.73 Å². The van der Waals surface area contributed by atoms with Crippen molar-refractivity contribution in [2.75, 3.05) is 26.7 Å². The van der Waals surface area contributed by atoms with E-state index in [-0.39, 0.29) is 5.91 Å². The van der Waals surface area contributed by atoms with E-state index in [2.05, 4.69) is 23.8 Å². The van der Waals surface area contributed by atoms with Gasteiger partial charge >= 0.3 is 0 Å². The van der Waals surface area contributed by atoms with E-state index < -0.39 is 6.04 Å². The second-order valence-corrected chi connectivity index (χ2v) is 4.96. The molecule has 0 aromatic heterocycles. The fourth-order valence-electron chi connectivity index (χ4n) is 2.17. The summed E-state index contributed by atoms with van der Waals surface area (Å²) in [5.41, 5.74) is 5.68. The van der Waals surface area contributed by atoms with Crippen LogP contribution in [0.25, 0.3) is 0 Å². The summed E-state index contributed by atoms with van der Waals surface area (Å²) in [6, 6.07) is -0.440. The molecule has 1 heterocycles. The van der Waals surface area contributed by atoms with Crippen molar-refractivity contribution in [3.05, 3.63) is 12.7 Å². The average Bonchev–Trinajstić information content (AvgIpc) is 2.32. The molecule has 1 fully saturated rings. The normalized spacial score (nSPS) is 19.9. The average molecular weight is 239 g/mol. The first-order chi connectivity index (χ1) is 8.13. The minimum atomic E-state index is -0.440. The molecule has 4 nitrogen and oxygen atoms in total. The van der Waals surface area contributed by atoms with Gasteiger partial charge in [0.1, 0.15) is 0 Å². The Labute approximate surface area is 104 Å². The van der Waals surface area contributed by atoms with Crippen molar-refractivity contribution in [3.8, 4) is 0 Å². The zero-order valence-corrected chi connectivity index (χ0v) is 10.8. The van der Waals surface area contributed by atoms with Crippen LogP contribution in [0.2, 0.25) is 0 Å². The number of carbonyl (C=O) groups is 1. The van der Waals surface area contributed by atoms with E-state index in [1.165, 1.54) is 25.9 Å². The largest absolute Gasteiger partial charge is 0.355 e. The maximum Gasteiger partial charge on any atom is 0.237 e. The van der Waals surface area contributed by atoms with Crippen LogP contribution in [0.1, 0.15) is 25.7 Å². The molecule has 17 heavy (non-hydrogen) atoms. The third-order valence-electron chi connectivity index (χ3n) is 3.45. The molecule has 1 atom stereocenters. The lowest BCUT2D eigenvalue weighted by molar-refractivity contribution is -0.122. The molecule has 4 heteroatoms. The molecule has 1 rings (SSSR count). The fourth-order valence-corrected chi connectivity index (χ4v) is 2.17. The summed E-state index contributed by atoms with van der Waals surface area (Å²) in [6.07, 6.45) is 5.78. The van der Waals surface area contributed by atoms with Crippen molar-refractivity contribution in [2.24, 2.45) is 11.7 Å². The summed E-state index contributed by atoms with van der Waals surface area (Å²) in [5.74, 6) is 0.694. The number of carbonyl (C=O) groups excluding carboxylic acids is 1. The number of likely N-dealkylation sites (tertiary alicyclic amines) is 1. The summed E-state index contributed by atoms with van der Waals surface area (Å²) in [5, 5.41) is 2.90. The standard InChI is InChI=1S/C13H25N3O/c1-3-4-12(14)13(17)15-8-5-11-6-9-16(2)10-7-11/h3,11-12H,1,4-10,14H2,2H3,(H,15,17). The van der Waals surface area contributed by atoms with Crippen LogP contribution in [-0.2, 0) is 4.79 Å². The molecule has 1 amide bonds. The number of rotatable bonds is 6. The molecule has 0 radical (unpaired) electrons. The van der Waals surface area contributed by atoms with E-state index in [9.17, 15) is 4.79 Å². The molecule has 0 saturated carbocycles. The monoisotopic (exact) mass is 239 g/mol. The number of amides is 1. The predicted octanol–water partition coefficient (Wildman–Crippen LogP) is 0.738. The second-order valence-electron chi connectivity index (χ2n) is 4.96. The molecule has 0 aromatic carbocycles. The molecule has 98 valence electrons. The van der Waals surface area contributed by atoms with Crippen LogP contribution in [0, 0.1) is 5.92 Å². The van der Waals surface area contributed by atoms with Crippen LogP contribution in [0.15, 0.2) is 12.7 Å². The van der Waals surface area contributed by atoms with E-state index in [1.54, 1.807) is 6.08 Å². The van der Waals surface area contributed by atoms with Crippen LogP contribution in [0.3, 0.4) is 0 Å². The van der Waals surface area contributed by atoms with Gasteiger partial charge in [-0.1, -0.05) is 6.08 Å². The van der Waals surface area contributed by atoms with Gasteiger partial charge in [0.05, 0.1) is 6.04 Å². The Morgan fingerprint density at radius 2 is 2.24 bits per heavy atom. The summed E-state index contributed by atoms with van der Waals surface area (Å²) in [4.78, 5) is 13.9. The van der Waals surface area contributed by atoms with Crippen molar-refractivity contribution in [1.29, 1.82) is 0 Å². The highest BCUT2D eigenvalue weighted by Crippen LogP contribution is 2.18. The van der Waals surface area contributed by atoms with E-state index >= 15 is 0 Å². The molecule has 1 saturated heterocycles. The van der Waals surface area contributed by atoms with Gasteiger partial charge in [-0.2, -0.15) is 0 Å². The van der Waals surface area contributed by atoms with Gasteiger partial charge in [0.25, 0.3) is 0 Å². The third kappa shape index (κ3) is 5.33. The first-order valence-corrected chi connectivity index (χ1v) is 6.46. The van der Waals surface area contributed by atoms with Crippen molar-refractivity contribution in [1.82, 2.24) is 10.2 Å². The second kappa shape index (κ2) is 7.45. The van der Waals surface area contributed by atoms with Gasteiger partial charge in [-0.15, -0.1) is 6.58 Å². The van der Waals surface area contributed by atoms with Gasteiger partial charge in [-0.3, -0.25) is 4.79 Å². The fraction of sp³-hybridized carbons (Fsp3) is 0.769. The lowest BCUT2D eigenvalue weighted by atomic mass is 9.94. The molecule has 3 N–H and O–H groups in total. The van der Waals surface area contributed by atoms with Gasteiger partial charge in [0, 0.05) is 6.54 Å². The highest BCUT2D eigenvalue weighted by atomic mass is 16.2. The lowest BCUT2D eigenvalue weighted by Crippen LogP contribution is -2.41. The van der Waals surface area contributed by atoms with Crippen molar-refractivity contribution in [3.63, 3.8) is 0 Å². The van der Waals surface area contributed by atoms with Crippen LogP contribution in [0.5, 0.6) is 0 Å². The summed E-state index contributed by atoms with van der Waals surface area (Å²) < 4.78 is 0. The molecule has 0 spiro atoms. The first kappa shape index (κ1) is 14.2. The molecule has 0 aromatic rings. The molecule has 1 unspecified atom stereocenters. The third-order valence-corrected chi connectivity index (χ3v) is 3.45. The minimum Gasteiger partial charge on any atom is -0.355 e.